The molecular formula is C49H29N3O2. The van der Waals surface area contributed by atoms with Crippen molar-refractivity contribution >= 4 is 76.7 Å². The fourth-order valence-electron chi connectivity index (χ4n) is 8.49. The van der Waals surface area contributed by atoms with Crippen LogP contribution in [0.25, 0.3) is 111 Å². The first-order valence-corrected chi connectivity index (χ1v) is 18.2. The van der Waals surface area contributed by atoms with E-state index in [4.69, 9.17) is 13.8 Å². The average molecular weight is 692 g/mol. The van der Waals surface area contributed by atoms with Gasteiger partial charge in [-0.3, -0.25) is 4.57 Å². The quantitative estimate of drug-likeness (QED) is 0.185. The van der Waals surface area contributed by atoms with E-state index in [0.717, 1.165) is 105 Å². The van der Waals surface area contributed by atoms with Gasteiger partial charge in [-0.25, -0.2) is 4.98 Å². The summed E-state index contributed by atoms with van der Waals surface area (Å²) in [4.78, 5) is 5.02. The molecule has 0 aliphatic heterocycles. The first-order chi connectivity index (χ1) is 26.8. The zero-order chi connectivity index (χ0) is 35.3. The molecule has 0 bridgehead atoms. The molecule has 4 aromatic heterocycles. The molecule has 5 nitrogen and oxygen atoms in total. The van der Waals surface area contributed by atoms with Crippen molar-refractivity contribution in [3.8, 4) is 33.9 Å². The summed E-state index contributed by atoms with van der Waals surface area (Å²) in [6, 6.07) is 61.7. The van der Waals surface area contributed by atoms with Crippen LogP contribution in [0, 0.1) is 0 Å². The molecule has 8 aromatic carbocycles. The van der Waals surface area contributed by atoms with Crippen LogP contribution in [0.5, 0.6) is 0 Å². The van der Waals surface area contributed by atoms with Crippen LogP contribution in [0.15, 0.2) is 185 Å². The van der Waals surface area contributed by atoms with Crippen molar-refractivity contribution in [3.63, 3.8) is 0 Å². The van der Waals surface area contributed by atoms with Gasteiger partial charge in [0.2, 0.25) is 0 Å². The molecule has 0 radical (unpaired) electrons. The minimum absolute atomic E-state index is 0.844. The molecule has 0 fully saturated rings. The number of rotatable bonds is 4. The third-order valence-electron chi connectivity index (χ3n) is 11.0. The predicted molar refractivity (Wildman–Crippen MR) is 221 cm³/mol. The van der Waals surface area contributed by atoms with Crippen LogP contribution in [0.1, 0.15) is 0 Å². The van der Waals surface area contributed by atoms with E-state index in [1.807, 2.05) is 24.3 Å². The third-order valence-corrected chi connectivity index (χ3v) is 11.0. The lowest BCUT2D eigenvalue weighted by atomic mass is 10.0. The van der Waals surface area contributed by atoms with Crippen molar-refractivity contribution in [1.29, 1.82) is 0 Å². The average Bonchev–Trinajstić information content (AvgIpc) is 4.00. The van der Waals surface area contributed by atoms with Crippen LogP contribution >= 0.6 is 0 Å². The number of hydrogen-bond acceptors (Lipinski definition) is 3. The van der Waals surface area contributed by atoms with E-state index < -0.39 is 0 Å². The standard InChI is InChI=1S/C49H29N3O2/c1-2-11-31(12-3-1)49-50-40-16-6-8-18-42(40)51(49)33-24-21-30(22-25-33)32-23-26-36-38-15-10-19-43(47(38)54-45(36)29-32)52-41-17-7-4-13-34(41)37-27-28-39-35-14-5-9-20-44(35)53-48(39)46(37)52/h1-29H. The van der Waals surface area contributed by atoms with Crippen LogP contribution in [0.3, 0.4) is 0 Å². The monoisotopic (exact) mass is 691 g/mol. The van der Waals surface area contributed by atoms with E-state index in [1.165, 1.54) is 5.39 Å². The summed E-state index contributed by atoms with van der Waals surface area (Å²) >= 11 is 0. The second kappa shape index (κ2) is 11.1. The largest absolute Gasteiger partial charge is 0.454 e. The van der Waals surface area contributed by atoms with Gasteiger partial charge in [0.15, 0.2) is 11.2 Å². The Balaban J connectivity index is 1.01. The first kappa shape index (κ1) is 29.2. The Morgan fingerprint density at radius 3 is 1.93 bits per heavy atom. The maximum Gasteiger partial charge on any atom is 0.160 e. The molecule has 12 aromatic rings. The molecular weight excluding hydrogens is 663 g/mol. The number of aromatic nitrogens is 3. The van der Waals surface area contributed by atoms with Crippen molar-refractivity contribution in [2.45, 2.75) is 0 Å². The van der Waals surface area contributed by atoms with Gasteiger partial charge >= 0.3 is 0 Å². The lowest BCUT2D eigenvalue weighted by molar-refractivity contribution is 0.665. The number of furan rings is 2. The molecule has 0 saturated carbocycles. The molecule has 0 saturated heterocycles. The highest BCUT2D eigenvalue weighted by Gasteiger charge is 2.22. The van der Waals surface area contributed by atoms with Gasteiger partial charge in [0.25, 0.3) is 0 Å². The Hall–Kier alpha value is -7.37. The first-order valence-electron chi connectivity index (χ1n) is 18.2. The van der Waals surface area contributed by atoms with Crippen LogP contribution in [0.2, 0.25) is 0 Å². The second-order valence-corrected chi connectivity index (χ2v) is 13.9. The van der Waals surface area contributed by atoms with E-state index in [0.29, 0.717) is 0 Å². The van der Waals surface area contributed by atoms with Crippen LogP contribution < -0.4 is 0 Å². The second-order valence-electron chi connectivity index (χ2n) is 13.9. The maximum absolute atomic E-state index is 6.87. The molecule has 12 rings (SSSR count). The molecule has 5 heteroatoms. The molecule has 0 N–H and O–H groups in total. The van der Waals surface area contributed by atoms with Gasteiger partial charge in [-0.15, -0.1) is 0 Å². The summed E-state index contributed by atoms with van der Waals surface area (Å²) < 4.78 is 18.1. The van der Waals surface area contributed by atoms with Crippen molar-refractivity contribution in [1.82, 2.24) is 14.1 Å². The molecule has 0 unspecified atom stereocenters. The molecule has 0 spiro atoms. The number of nitrogens with zero attached hydrogens (tertiary/aromatic N) is 3. The number of fused-ring (bicyclic) bond motifs is 11. The number of benzene rings is 8. The van der Waals surface area contributed by atoms with E-state index in [9.17, 15) is 0 Å². The lowest BCUT2D eigenvalue weighted by Gasteiger charge is -2.11. The van der Waals surface area contributed by atoms with Crippen molar-refractivity contribution in [2.24, 2.45) is 0 Å². The van der Waals surface area contributed by atoms with E-state index in [-0.39, 0.29) is 0 Å². The Kier molecular flexibility index (Phi) is 5.99. The summed E-state index contributed by atoms with van der Waals surface area (Å²) in [5, 5.41) is 6.70. The van der Waals surface area contributed by atoms with Crippen molar-refractivity contribution in [3.05, 3.63) is 176 Å². The molecule has 0 atom stereocenters. The Labute approximate surface area is 308 Å². The summed E-state index contributed by atoms with van der Waals surface area (Å²) in [5.41, 5.74) is 13.0. The van der Waals surface area contributed by atoms with Gasteiger partial charge < -0.3 is 13.4 Å². The SMILES string of the molecule is c1ccc(-c2nc3ccccc3n2-c2ccc(-c3ccc4c(c3)oc3c(-n5c6ccccc6c6ccc7c8ccccc8oc7c65)cccc34)cc2)cc1. The molecule has 0 aliphatic carbocycles. The van der Waals surface area contributed by atoms with Gasteiger partial charge in [-0.1, -0.05) is 115 Å². The summed E-state index contributed by atoms with van der Waals surface area (Å²) in [7, 11) is 0. The Morgan fingerprint density at radius 1 is 0.389 bits per heavy atom. The van der Waals surface area contributed by atoms with Gasteiger partial charge in [0.1, 0.15) is 17.0 Å². The highest BCUT2D eigenvalue weighted by Crippen LogP contribution is 2.43. The van der Waals surface area contributed by atoms with Gasteiger partial charge in [-0.2, -0.15) is 0 Å². The van der Waals surface area contributed by atoms with Crippen LogP contribution in [-0.2, 0) is 0 Å². The van der Waals surface area contributed by atoms with Crippen LogP contribution in [-0.4, -0.2) is 14.1 Å². The van der Waals surface area contributed by atoms with Gasteiger partial charge in [-0.05, 0) is 71.8 Å². The summed E-state index contributed by atoms with van der Waals surface area (Å²) in [6.45, 7) is 0. The van der Waals surface area contributed by atoms with Crippen molar-refractivity contribution < 1.29 is 8.83 Å². The minimum Gasteiger partial charge on any atom is -0.454 e. The zero-order valence-corrected chi connectivity index (χ0v) is 28.9. The number of hydrogen-bond donors (Lipinski definition) is 0. The zero-order valence-electron chi connectivity index (χ0n) is 28.9. The van der Waals surface area contributed by atoms with E-state index >= 15 is 0 Å². The van der Waals surface area contributed by atoms with Crippen LogP contribution in [0.4, 0.5) is 0 Å². The predicted octanol–water partition coefficient (Wildman–Crippen LogP) is 13.3. The van der Waals surface area contributed by atoms with Gasteiger partial charge in [0, 0.05) is 43.6 Å². The topological polar surface area (TPSA) is 49.0 Å². The third kappa shape index (κ3) is 4.12. The van der Waals surface area contributed by atoms with E-state index in [1.54, 1.807) is 0 Å². The van der Waals surface area contributed by atoms with Crippen molar-refractivity contribution in [2.75, 3.05) is 0 Å². The molecule has 4 heterocycles. The smallest absolute Gasteiger partial charge is 0.160 e. The molecule has 54 heavy (non-hydrogen) atoms. The molecule has 252 valence electrons. The Bertz CT molecular complexity index is 3430. The maximum atomic E-state index is 6.87. The number of imidazole rings is 1. The Morgan fingerprint density at radius 2 is 1.04 bits per heavy atom. The summed E-state index contributed by atoms with van der Waals surface area (Å²) in [5.74, 6) is 0.924. The number of para-hydroxylation sites is 5. The van der Waals surface area contributed by atoms with Gasteiger partial charge in [0.05, 0.1) is 27.8 Å². The lowest BCUT2D eigenvalue weighted by Crippen LogP contribution is -1.97. The fraction of sp³-hybridized carbons (Fsp3) is 0. The highest BCUT2D eigenvalue weighted by atomic mass is 16.3. The minimum atomic E-state index is 0.844. The highest BCUT2D eigenvalue weighted by molar-refractivity contribution is 6.22. The summed E-state index contributed by atoms with van der Waals surface area (Å²) in [6.07, 6.45) is 0. The molecule has 0 amide bonds. The van der Waals surface area contributed by atoms with E-state index in [2.05, 4.69) is 161 Å². The molecule has 0 aliphatic rings. The fourth-order valence-corrected chi connectivity index (χ4v) is 8.49. The normalized spacial score (nSPS) is 12.1.